The van der Waals surface area contributed by atoms with Crippen molar-refractivity contribution in [2.75, 3.05) is 24.8 Å². The van der Waals surface area contributed by atoms with E-state index in [1.165, 1.54) is 12.8 Å². The van der Waals surface area contributed by atoms with Gasteiger partial charge in [-0.3, -0.25) is 9.78 Å². The van der Waals surface area contributed by atoms with Crippen LogP contribution in [0.2, 0.25) is 0 Å². The van der Waals surface area contributed by atoms with Crippen LogP contribution in [0.5, 0.6) is 17.2 Å². The minimum atomic E-state index is -0.933. The summed E-state index contributed by atoms with van der Waals surface area (Å²) in [6.07, 6.45) is 5.47. The van der Waals surface area contributed by atoms with E-state index in [2.05, 4.69) is 30.3 Å². The number of carbonyl (C=O) groups excluding carboxylic acids is 1. The fourth-order valence-electron chi connectivity index (χ4n) is 6.08. The number of carbonyl (C=O) groups is 1. The van der Waals surface area contributed by atoms with Crippen LogP contribution in [-0.4, -0.2) is 30.8 Å². The average Bonchev–Trinajstić information content (AvgIpc) is 3.42. The monoisotopic (exact) mass is 476 g/mol. The van der Waals surface area contributed by atoms with Gasteiger partial charge in [-0.1, -0.05) is 43.2 Å². The van der Waals surface area contributed by atoms with E-state index in [0.717, 1.165) is 57.7 Å². The first-order valence-corrected chi connectivity index (χ1v) is 12.6. The Kier molecular flexibility index (Phi) is 4.05. The topological polar surface area (TPSA) is 60.9 Å². The number of rotatable bonds is 4. The molecule has 1 saturated carbocycles. The highest BCUT2D eigenvalue weighted by Gasteiger charge is 2.58. The van der Waals surface area contributed by atoms with Crippen LogP contribution in [-0.2, 0) is 10.2 Å². The minimum Gasteiger partial charge on any atom is -0.491 e. The van der Waals surface area contributed by atoms with Crippen molar-refractivity contribution in [1.29, 1.82) is 0 Å². The van der Waals surface area contributed by atoms with Gasteiger partial charge < -0.3 is 19.1 Å². The van der Waals surface area contributed by atoms with Gasteiger partial charge in [0.15, 0.2) is 11.5 Å². The van der Waals surface area contributed by atoms with Gasteiger partial charge in [-0.25, -0.2) is 0 Å². The lowest BCUT2D eigenvalue weighted by molar-refractivity contribution is -0.122. The fourth-order valence-corrected chi connectivity index (χ4v) is 6.08. The molecule has 178 valence electrons. The summed E-state index contributed by atoms with van der Waals surface area (Å²) < 4.78 is 17.5. The van der Waals surface area contributed by atoms with Gasteiger partial charge in [-0.15, -0.1) is 0 Å². The van der Waals surface area contributed by atoms with E-state index in [4.69, 9.17) is 19.2 Å². The van der Waals surface area contributed by atoms with Gasteiger partial charge in [0.1, 0.15) is 17.8 Å². The van der Waals surface area contributed by atoms with Crippen LogP contribution in [0.1, 0.15) is 30.4 Å². The van der Waals surface area contributed by atoms with Crippen LogP contribution in [0, 0.1) is 5.92 Å². The number of nitrogens with zero attached hydrogens (tertiary/aromatic N) is 2. The zero-order valence-electron chi connectivity index (χ0n) is 19.7. The SMILES string of the molecule is O=C1N(CCC2CC2)c2cccc(-c3cnc4ccccc4c3)c2C12COc1cc3c(cc12)OCO3. The number of fused-ring (bicyclic) bond motifs is 6. The van der Waals surface area contributed by atoms with Crippen molar-refractivity contribution in [2.24, 2.45) is 5.92 Å². The van der Waals surface area contributed by atoms with E-state index in [1.807, 2.05) is 41.4 Å². The lowest BCUT2D eigenvalue weighted by atomic mass is 9.74. The maximum atomic E-state index is 14.4. The molecule has 1 fully saturated rings. The third-order valence-corrected chi connectivity index (χ3v) is 8.11. The number of benzene rings is 3. The zero-order chi connectivity index (χ0) is 23.9. The van der Waals surface area contributed by atoms with E-state index in [0.29, 0.717) is 17.2 Å². The van der Waals surface area contributed by atoms with Crippen LogP contribution in [0.15, 0.2) is 66.9 Å². The van der Waals surface area contributed by atoms with Gasteiger partial charge in [-0.2, -0.15) is 0 Å². The van der Waals surface area contributed by atoms with Crippen molar-refractivity contribution in [3.05, 3.63) is 78.0 Å². The molecule has 8 rings (SSSR count). The highest BCUT2D eigenvalue weighted by molar-refractivity contribution is 6.13. The summed E-state index contributed by atoms with van der Waals surface area (Å²) in [6.45, 7) is 1.16. The highest BCUT2D eigenvalue weighted by Crippen LogP contribution is 2.57. The Morgan fingerprint density at radius 3 is 2.69 bits per heavy atom. The number of para-hydroxylation sites is 1. The van der Waals surface area contributed by atoms with Gasteiger partial charge in [0, 0.05) is 46.6 Å². The first-order valence-electron chi connectivity index (χ1n) is 12.6. The number of amides is 1. The van der Waals surface area contributed by atoms with Gasteiger partial charge in [0.25, 0.3) is 0 Å². The Bertz CT molecular complexity index is 1580. The highest BCUT2D eigenvalue weighted by atomic mass is 16.7. The molecule has 0 radical (unpaired) electrons. The van der Waals surface area contributed by atoms with E-state index in [-0.39, 0.29) is 19.3 Å². The number of hydrogen-bond donors (Lipinski definition) is 0. The van der Waals surface area contributed by atoms with Crippen LogP contribution >= 0.6 is 0 Å². The number of ether oxygens (including phenoxy) is 3. The Morgan fingerprint density at radius 1 is 0.944 bits per heavy atom. The van der Waals surface area contributed by atoms with Gasteiger partial charge in [0.05, 0.1) is 5.52 Å². The summed E-state index contributed by atoms with van der Waals surface area (Å²) in [5.74, 6) is 2.82. The van der Waals surface area contributed by atoms with Crippen molar-refractivity contribution in [3.8, 4) is 28.4 Å². The fraction of sp³-hybridized carbons (Fsp3) is 0.267. The Labute approximate surface area is 208 Å². The van der Waals surface area contributed by atoms with Crippen LogP contribution in [0.4, 0.5) is 5.69 Å². The summed E-state index contributed by atoms with van der Waals surface area (Å²) in [5.41, 5.74) is 4.86. The molecule has 0 saturated heterocycles. The predicted octanol–water partition coefficient (Wildman–Crippen LogP) is 5.46. The molecule has 3 aliphatic heterocycles. The van der Waals surface area contributed by atoms with Crippen molar-refractivity contribution >= 4 is 22.5 Å². The van der Waals surface area contributed by atoms with Crippen LogP contribution in [0.3, 0.4) is 0 Å². The van der Waals surface area contributed by atoms with Crippen LogP contribution < -0.4 is 19.1 Å². The third kappa shape index (κ3) is 2.72. The van der Waals surface area contributed by atoms with Gasteiger partial charge in [-0.05, 0) is 42.2 Å². The largest absolute Gasteiger partial charge is 0.491 e. The smallest absolute Gasteiger partial charge is 0.245 e. The molecule has 1 spiro atoms. The molecule has 36 heavy (non-hydrogen) atoms. The van der Waals surface area contributed by atoms with Crippen LogP contribution in [0.25, 0.3) is 22.0 Å². The van der Waals surface area contributed by atoms with Crippen molar-refractivity contribution in [1.82, 2.24) is 4.98 Å². The number of pyridine rings is 1. The summed E-state index contributed by atoms with van der Waals surface area (Å²) in [5, 5.41) is 1.07. The zero-order valence-corrected chi connectivity index (χ0v) is 19.7. The molecule has 4 aliphatic rings. The van der Waals surface area contributed by atoms with E-state index >= 15 is 0 Å². The lowest BCUT2D eigenvalue weighted by Crippen LogP contribution is -2.43. The second kappa shape index (κ2) is 7.23. The molecule has 6 heteroatoms. The average molecular weight is 477 g/mol. The standard InChI is InChI=1S/C30H24N2O4/c33-29-30(16-34-25-14-27-26(13-22(25)30)35-17-36-27)28-21(20-12-19-4-1-2-6-23(19)31-15-20)5-3-7-24(28)32(29)11-10-18-8-9-18/h1-7,12-15,18H,8-11,16-17H2. The molecule has 1 unspecified atom stereocenters. The van der Waals surface area contributed by atoms with Gasteiger partial charge >= 0.3 is 0 Å². The quantitative estimate of drug-likeness (QED) is 0.392. The predicted molar refractivity (Wildman–Crippen MR) is 136 cm³/mol. The first kappa shape index (κ1) is 20.2. The molecule has 4 heterocycles. The molecule has 6 nitrogen and oxygen atoms in total. The minimum absolute atomic E-state index is 0.0805. The maximum Gasteiger partial charge on any atom is 0.245 e. The molecule has 3 aromatic carbocycles. The molecule has 1 aliphatic carbocycles. The molecule has 1 amide bonds. The molecular weight excluding hydrogens is 452 g/mol. The molecule has 1 aromatic heterocycles. The Balaban J connectivity index is 1.36. The van der Waals surface area contributed by atoms with E-state index in [1.54, 1.807) is 0 Å². The van der Waals surface area contributed by atoms with Crippen molar-refractivity contribution in [2.45, 2.75) is 24.7 Å². The summed E-state index contributed by atoms with van der Waals surface area (Å²) in [7, 11) is 0. The van der Waals surface area contributed by atoms with E-state index in [9.17, 15) is 4.79 Å². The summed E-state index contributed by atoms with van der Waals surface area (Å²) >= 11 is 0. The third-order valence-electron chi connectivity index (χ3n) is 8.11. The molecule has 0 N–H and O–H groups in total. The second-order valence-corrected chi connectivity index (χ2v) is 10.2. The van der Waals surface area contributed by atoms with Gasteiger partial charge in [0.2, 0.25) is 12.7 Å². The summed E-state index contributed by atoms with van der Waals surface area (Å²) in [4.78, 5) is 21.2. The Morgan fingerprint density at radius 2 is 1.81 bits per heavy atom. The normalized spacial score (nSPS) is 21.2. The first-order chi connectivity index (χ1) is 17.7. The van der Waals surface area contributed by atoms with Crippen molar-refractivity contribution < 1.29 is 19.0 Å². The van der Waals surface area contributed by atoms with Crippen molar-refractivity contribution in [3.63, 3.8) is 0 Å². The Hall–Kier alpha value is -4.06. The molecule has 1 atom stereocenters. The number of hydrogen-bond acceptors (Lipinski definition) is 5. The lowest BCUT2D eigenvalue weighted by Gasteiger charge is -2.24. The maximum absolute atomic E-state index is 14.4. The summed E-state index contributed by atoms with van der Waals surface area (Å²) in [6, 6.07) is 20.3. The second-order valence-electron chi connectivity index (χ2n) is 10.2. The molecule has 4 aromatic rings. The molecular formula is C30H24N2O4. The van der Waals surface area contributed by atoms with E-state index < -0.39 is 5.41 Å². The number of anilines is 1. The number of aromatic nitrogens is 1. The molecule has 0 bridgehead atoms.